The van der Waals surface area contributed by atoms with Crippen LogP contribution < -0.4 is 9.47 Å². The standard InChI is InChI=1S/C27H32N2O5/c1-6-16-34-20-10-8-19(9-11-20)24-23(26(31)27(32)29(24)15-14-28(4)5)25(30)22-13-12-21(33-7-2)17-18(22)3/h6,8-13,17,24,30H,1,7,14-16H2,2-5H3/b25-23+. The van der Waals surface area contributed by atoms with Crippen molar-refractivity contribution in [1.82, 2.24) is 9.80 Å². The Morgan fingerprint density at radius 3 is 2.38 bits per heavy atom. The Kier molecular flexibility index (Phi) is 8.12. The van der Waals surface area contributed by atoms with E-state index < -0.39 is 17.7 Å². The number of aliphatic hydroxyl groups is 1. The van der Waals surface area contributed by atoms with Crippen LogP contribution in [0.1, 0.15) is 29.7 Å². The minimum atomic E-state index is -0.709. The van der Waals surface area contributed by atoms with Gasteiger partial charge in [0.2, 0.25) is 0 Å². The summed E-state index contributed by atoms with van der Waals surface area (Å²) in [6.45, 7) is 9.19. The largest absolute Gasteiger partial charge is 0.507 e. The number of benzene rings is 2. The third-order valence-electron chi connectivity index (χ3n) is 5.66. The SMILES string of the molecule is C=CCOc1ccc(C2/C(=C(\O)c3ccc(OCC)cc3C)C(=O)C(=O)N2CCN(C)C)cc1. The van der Waals surface area contributed by atoms with Gasteiger partial charge in [-0.15, -0.1) is 0 Å². The van der Waals surface area contributed by atoms with Crippen molar-refractivity contribution in [2.75, 3.05) is 40.4 Å². The van der Waals surface area contributed by atoms with Crippen molar-refractivity contribution < 1.29 is 24.2 Å². The number of aryl methyl sites for hydroxylation is 1. The first-order chi connectivity index (χ1) is 16.3. The molecule has 1 amide bonds. The van der Waals surface area contributed by atoms with Crippen LogP contribution in [0.25, 0.3) is 5.76 Å². The van der Waals surface area contributed by atoms with Crippen molar-refractivity contribution >= 4 is 17.4 Å². The minimum Gasteiger partial charge on any atom is -0.507 e. The number of rotatable bonds is 10. The number of carbonyl (C=O) groups is 2. The molecule has 1 aliphatic rings. The van der Waals surface area contributed by atoms with Crippen LogP contribution in [-0.2, 0) is 9.59 Å². The molecular weight excluding hydrogens is 432 g/mol. The van der Waals surface area contributed by atoms with Gasteiger partial charge in [-0.2, -0.15) is 0 Å². The van der Waals surface area contributed by atoms with Gasteiger partial charge in [0, 0.05) is 18.7 Å². The van der Waals surface area contributed by atoms with E-state index in [0.29, 0.717) is 48.9 Å². The van der Waals surface area contributed by atoms with Crippen LogP contribution in [0.5, 0.6) is 11.5 Å². The van der Waals surface area contributed by atoms with E-state index in [2.05, 4.69) is 6.58 Å². The monoisotopic (exact) mass is 464 g/mol. The van der Waals surface area contributed by atoms with Crippen molar-refractivity contribution in [1.29, 1.82) is 0 Å². The molecule has 0 aliphatic carbocycles. The van der Waals surface area contributed by atoms with Crippen LogP contribution in [0, 0.1) is 6.92 Å². The van der Waals surface area contributed by atoms with E-state index in [1.165, 1.54) is 4.90 Å². The summed E-state index contributed by atoms with van der Waals surface area (Å²) in [5.41, 5.74) is 2.03. The minimum absolute atomic E-state index is 0.0794. The molecule has 1 N–H and O–H groups in total. The predicted molar refractivity (Wildman–Crippen MR) is 132 cm³/mol. The average Bonchev–Trinajstić information content (AvgIpc) is 3.06. The lowest BCUT2D eigenvalue weighted by Crippen LogP contribution is -2.35. The van der Waals surface area contributed by atoms with Gasteiger partial charge < -0.3 is 24.4 Å². The van der Waals surface area contributed by atoms with Gasteiger partial charge in [-0.1, -0.05) is 24.8 Å². The van der Waals surface area contributed by atoms with Crippen LogP contribution in [0.15, 0.2) is 60.7 Å². The van der Waals surface area contributed by atoms with E-state index in [9.17, 15) is 14.7 Å². The zero-order chi connectivity index (χ0) is 24.8. The molecule has 7 heteroatoms. The zero-order valence-electron chi connectivity index (χ0n) is 20.2. The first-order valence-corrected chi connectivity index (χ1v) is 11.3. The molecule has 1 saturated heterocycles. The van der Waals surface area contributed by atoms with E-state index in [0.717, 1.165) is 5.56 Å². The number of likely N-dealkylation sites (tertiary alicyclic amines) is 1. The molecule has 2 aromatic rings. The highest BCUT2D eigenvalue weighted by molar-refractivity contribution is 6.46. The number of carbonyl (C=O) groups excluding carboxylic acids is 2. The van der Waals surface area contributed by atoms with E-state index in [1.54, 1.807) is 36.4 Å². The lowest BCUT2D eigenvalue weighted by atomic mass is 9.94. The topological polar surface area (TPSA) is 79.3 Å². The molecule has 0 aromatic heterocycles. The number of nitrogens with zero attached hydrogens (tertiary/aromatic N) is 2. The van der Waals surface area contributed by atoms with Crippen LogP contribution >= 0.6 is 0 Å². The van der Waals surface area contributed by atoms with Gasteiger partial charge in [-0.25, -0.2) is 0 Å². The highest BCUT2D eigenvalue weighted by Crippen LogP contribution is 2.40. The normalized spacial score (nSPS) is 17.3. The van der Waals surface area contributed by atoms with E-state index in [-0.39, 0.29) is 11.3 Å². The summed E-state index contributed by atoms with van der Waals surface area (Å²) >= 11 is 0. The molecule has 0 bridgehead atoms. The fraction of sp³-hybridized carbons (Fsp3) is 0.333. The number of Topliss-reactive ketones (excluding diaryl/α,β-unsaturated/α-hetero) is 1. The van der Waals surface area contributed by atoms with Gasteiger partial charge in [0.05, 0.1) is 18.2 Å². The molecule has 1 fully saturated rings. The van der Waals surface area contributed by atoms with Crippen molar-refractivity contribution in [2.45, 2.75) is 19.9 Å². The maximum atomic E-state index is 13.2. The van der Waals surface area contributed by atoms with Gasteiger partial charge in [-0.05, 0) is 69.4 Å². The summed E-state index contributed by atoms with van der Waals surface area (Å²) in [5, 5.41) is 11.3. The predicted octanol–water partition coefficient (Wildman–Crippen LogP) is 3.94. The number of ether oxygens (including phenoxy) is 2. The van der Waals surface area contributed by atoms with Gasteiger partial charge in [-0.3, -0.25) is 9.59 Å². The molecule has 0 saturated carbocycles. The molecule has 2 aromatic carbocycles. The van der Waals surface area contributed by atoms with Crippen LogP contribution in [-0.4, -0.2) is 67.0 Å². The highest BCUT2D eigenvalue weighted by Gasteiger charge is 2.46. The third-order valence-corrected chi connectivity index (χ3v) is 5.66. The number of ketones is 1. The van der Waals surface area contributed by atoms with E-state index in [1.807, 2.05) is 45.0 Å². The quantitative estimate of drug-likeness (QED) is 0.248. The van der Waals surface area contributed by atoms with Gasteiger partial charge in [0.15, 0.2) is 0 Å². The fourth-order valence-electron chi connectivity index (χ4n) is 3.97. The lowest BCUT2D eigenvalue weighted by molar-refractivity contribution is -0.140. The smallest absolute Gasteiger partial charge is 0.295 e. The fourth-order valence-corrected chi connectivity index (χ4v) is 3.97. The molecule has 1 unspecified atom stereocenters. The molecule has 7 nitrogen and oxygen atoms in total. The van der Waals surface area contributed by atoms with E-state index in [4.69, 9.17) is 9.47 Å². The maximum absolute atomic E-state index is 13.2. The van der Waals surface area contributed by atoms with Gasteiger partial charge in [0.1, 0.15) is 23.9 Å². The summed E-state index contributed by atoms with van der Waals surface area (Å²) in [6, 6.07) is 11.8. The molecule has 1 atom stereocenters. The highest BCUT2D eigenvalue weighted by atomic mass is 16.5. The summed E-state index contributed by atoms with van der Waals surface area (Å²) in [5.74, 6) is -0.181. The van der Waals surface area contributed by atoms with Crippen LogP contribution in [0.3, 0.4) is 0 Å². The Morgan fingerprint density at radius 1 is 1.12 bits per heavy atom. The summed E-state index contributed by atoms with van der Waals surface area (Å²) in [6.07, 6.45) is 1.66. The Morgan fingerprint density at radius 2 is 1.79 bits per heavy atom. The first-order valence-electron chi connectivity index (χ1n) is 11.3. The maximum Gasteiger partial charge on any atom is 0.295 e. The molecular formula is C27H32N2O5. The summed E-state index contributed by atoms with van der Waals surface area (Å²) in [4.78, 5) is 29.7. The number of likely N-dealkylation sites (N-methyl/N-ethyl adjacent to an activating group) is 1. The van der Waals surface area contributed by atoms with E-state index >= 15 is 0 Å². The van der Waals surface area contributed by atoms with Crippen molar-refractivity contribution in [3.8, 4) is 11.5 Å². The first kappa shape index (κ1) is 25.1. The Hall–Kier alpha value is -3.58. The molecule has 0 spiro atoms. The summed E-state index contributed by atoms with van der Waals surface area (Å²) in [7, 11) is 3.81. The molecule has 3 rings (SSSR count). The summed E-state index contributed by atoms with van der Waals surface area (Å²) < 4.78 is 11.1. The lowest BCUT2D eigenvalue weighted by Gasteiger charge is -2.26. The Labute approximate surface area is 200 Å². The second-order valence-electron chi connectivity index (χ2n) is 8.37. The Balaban J connectivity index is 2.09. The second-order valence-corrected chi connectivity index (χ2v) is 8.37. The molecule has 1 aliphatic heterocycles. The number of hydrogen-bond acceptors (Lipinski definition) is 6. The van der Waals surface area contributed by atoms with Gasteiger partial charge in [0.25, 0.3) is 11.7 Å². The third kappa shape index (κ3) is 5.31. The Bertz CT molecular complexity index is 1090. The van der Waals surface area contributed by atoms with Crippen LogP contribution in [0.2, 0.25) is 0 Å². The number of hydrogen-bond donors (Lipinski definition) is 1. The number of amides is 1. The molecule has 34 heavy (non-hydrogen) atoms. The number of aliphatic hydroxyl groups excluding tert-OH is 1. The molecule has 180 valence electrons. The van der Waals surface area contributed by atoms with Crippen molar-refractivity contribution in [2.24, 2.45) is 0 Å². The molecule has 1 heterocycles. The second kappa shape index (κ2) is 11.0. The average molecular weight is 465 g/mol. The van der Waals surface area contributed by atoms with Crippen molar-refractivity contribution in [3.05, 3.63) is 77.4 Å². The van der Waals surface area contributed by atoms with Crippen molar-refractivity contribution in [3.63, 3.8) is 0 Å². The van der Waals surface area contributed by atoms with Crippen LogP contribution in [0.4, 0.5) is 0 Å². The van der Waals surface area contributed by atoms with Gasteiger partial charge >= 0.3 is 0 Å². The molecule has 0 radical (unpaired) electrons. The zero-order valence-corrected chi connectivity index (χ0v) is 20.2.